The Bertz CT molecular complexity index is 750. The molecule has 9 heteroatoms. The van der Waals surface area contributed by atoms with Crippen molar-refractivity contribution < 1.29 is 36.6 Å². The fraction of sp³-hybridized carbons (Fsp3) is 0.893. The average molecular weight is 549 g/mol. The van der Waals surface area contributed by atoms with Gasteiger partial charge in [0.2, 0.25) is 0 Å². The van der Waals surface area contributed by atoms with Gasteiger partial charge in [0.25, 0.3) is 10.1 Å². The van der Waals surface area contributed by atoms with Crippen molar-refractivity contribution in [2.24, 2.45) is 5.92 Å². The highest BCUT2D eigenvalue weighted by Crippen LogP contribution is 2.19. The summed E-state index contributed by atoms with van der Waals surface area (Å²) in [4.78, 5) is 35.7. The first-order valence-corrected chi connectivity index (χ1v) is 15.9. The van der Waals surface area contributed by atoms with E-state index in [1.165, 1.54) is 12.8 Å². The smallest absolute Gasteiger partial charge is 0.309 e. The summed E-state index contributed by atoms with van der Waals surface area (Å²) in [6.45, 7) is 5.42. The number of esters is 1. The molecule has 0 bridgehead atoms. The SMILES string of the molecule is CCOC(=O)C(CCCCCC(C)=O)CC(=O)CCCCCCCCCC[N+](C)(C)CCCS(=O)(=O)O. The van der Waals surface area contributed by atoms with Gasteiger partial charge in [-0.3, -0.25) is 14.1 Å². The summed E-state index contributed by atoms with van der Waals surface area (Å²) in [5.41, 5.74) is 0. The fourth-order valence-corrected chi connectivity index (χ4v) is 5.09. The Morgan fingerprint density at radius 2 is 1.30 bits per heavy atom. The summed E-state index contributed by atoms with van der Waals surface area (Å²) in [5.74, 6) is -0.488. The van der Waals surface area contributed by atoms with Gasteiger partial charge in [0.1, 0.15) is 11.6 Å². The van der Waals surface area contributed by atoms with Crippen LogP contribution in [0.4, 0.5) is 0 Å². The third kappa shape index (κ3) is 23.5. The lowest BCUT2D eigenvalue weighted by Crippen LogP contribution is -2.41. The lowest BCUT2D eigenvalue weighted by atomic mass is 9.93. The maximum Gasteiger partial charge on any atom is 0.309 e. The van der Waals surface area contributed by atoms with Gasteiger partial charge < -0.3 is 14.0 Å². The van der Waals surface area contributed by atoms with Crippen molar-refractivity contribution in [2.75, 3.05) is 39.5 Å². The predicted molar refractivity (Wildman–Crippen MR) is 148 cm³/mol. The zero-order chi connectivity index (χ0) is 28.2. The number of nitrogens with zero attached hydrogens (tertiary/aromatic N) is 1. The number of unbranched alkanes of at least 4 members (excludes halogenated alkanes) is 9. The molecule has 0 aliphatic rings. The number of ether oxygens (including phenoxy) is 1. The van der Waals surface area contributed by atoms with Crippen LogP contribution in [0.5, 0.6) is 0 Å². The number of hydrogen-bond acceptors (Lipinski definition) is 6. The van der Waals surface area contributed by atoms with E-state index in [1.54, 1.807) is 13.8 Å². The number of rotatable bonds is 25. The van der Waals surface area contributed by atoms with Gasteiger partial charge in [-0.25, -0.2) is 0 Å². The standard InChI is InChI=1S/C28H53NO7S/c1-5-36-28(32)26(19-14-12-13-18-25(2)30)24-27(31)20-15-10-8-6-7-9-11-16-21-29(3,4)22-17-23-37(33,34)35/h26H,5-24H2,1-4H3/p+1. The molecular weight excluding hydrogens is 494 g/mol. The van der Waals surface area contributed by atoms with Crippen molar-refractivity contribution in [3.63, 3.8) is 0 Å². The number of hydrogen-bond donors (Lipinski definition) is 1. The van der Waals surface area contributed by atoms with Crippen LogP contribution in [0.25, 0.3) is 0 Å². The summed E-state index contributed by atoms with van der Waals surface area (Å²) in [7, 11) is 0.320. The Labute approximate surface area is 226 Å². The Kier molecular flexibility index (Phi) is 19.9. The minimum Gasteiger partial charge on any atom is -0.466 e. The van der Waals surface area contributed by atoms with Crippen LogP contribution in [0.3, 0.4) is 0 Å². The Hall–Kier alpha value is -1.32. The zero-order valence-electron chi connectivity index (χ0n) is 24.0. The minimum atomic E-state index is -3.87. The molecule has 0 rings (SSSR count). The molecule has 0 fully saturated rings. The molecule has 0 spiro atoms. The lowest BCUT2D eigenvalue weighted by molar-refractivity contribution is -0.890. The molecule has 1 atom stereocenters. The van der Waals surface area contributed by atoms with Crippen LogP contribution in [0, 0.1) is 5.92 Å². The molecular formula is C28H54NO7S+. The molecule has 0 radical (unpaired) electrons. The number of carbonyl (C=O) groups is 3. The Balaban J connectivity index is 3.91. The van der Waals surface area contributed by atoms with Crippen LogP contribution in [0.2, 0.25) is 0 Å². The highest BCUT2D eigenvalue weighted by molar-refractivity contribution is 7.85. The summed E-state index contributed by atoms with van der Waals surface area (Å²) in [5, 5.41) is 0. The van der Waals surface area contributed by atoms with Crippen molar-refractivity contribution >= 4 is 27.7 Å². The van der Waals surface area contributed by atoms with Gasteiger partial charge in [0.05, 0.1) is 45.5 Å². The largest absolute Gasteiger partial charge is 0.466 e. The van der Waals surface area contributed by atoms with Gasteiger partial charge in [-0.2, -0.15) is 8.42 Å². The highest BCUT2D eigenvalue weighted by Gasteiger charge is 2.22. The number of carbonyl (C=O) groups excluding carboxylic acids is 3. The van der Waals surface area contributed by atoms with Gasteiger partial charge >= 0.3 is 5.97 Å². The minimum absolute atomic E-state index is 0.138. The second kappa shape index (κ2) is 20.6. The molecule has 8 nitrogen and oxygen atoms in total. The van der Waals surface area contributed by atoms with Crippen LogP contribution < -0.4 is 0 Å². The topological polar surface area (TPSA) is 115 Å². The molecule has 0 amide bonds. The van der Waals surface area contributed by atoms with Crippen molar-refractivity contribution in [2.45, 2.75) is 117 Å². The van der Waals surface area contributed by atoms with Crippen LogP contribution in [-0.2, 0) is 29.2 Å². The van der Waals surface area contributed by atoms with Crippen molar-refractivity contribution in [3.8, 4) is 0 Å². The van der Waals surface area contributed by atoms with E-state index in [0.29, 0.717) is 32.3 Å². The summed E-state index contributed by atoms with van der Waals surface area (Å²) in [6.07, 6.45) is 13.8. The van der Waals surface area contributed by atoms with Gasteiger partial charge in [-0.1, -0.05) is 44.9 Å². The van der Waals surface area contributed by atoms with E-state index in [4.69, 9.17) is 9.29 Å². The van der Waals surface area contributed by atoms with Crippen molar-refractivity contribution in [1.29, 1.82) is 0 Å². The van der Waals surface area contributed by atoms with E-state index in [9.17, 15) is 22.8 Å². The maximum atomic E-state index is 12.4. The molecule has 0 aromatic carbocycles. The highest BCUT2D eigenvalue weighted by atomic mass is 32.2. The first-order chi connectivity index (χ1) is 17.4. The third-order valence-corrected chi connectivity index (χ3v) is 7.61. The average Bonchev–Trinajstić information content (AvgIpc) is 2.78. The van der Waals surface area contributed by atoms with Gasteiger partial charge in [-0.15, -0.1) is 0 Å². The normalized spacial score (nSPS) is 12.9. The van der Waals surface area contributed by atoms with E-state index in [-0.39, 0.29) is 35.6 Å². The molecule has 218 valence electrons. The maximum absolute atomic E-state index is 12.4. The molecule has 1 N–H and O–H groups in total. The van der Waals surface area contributed by atoms with E-state index in [0.717, 1.165) is 75.4 Å². The molecule has 0 saturated heterocycles. The number of ketones is 2. The summed E-state index contributed by atoms with van der Waals surface area (Å²) >= 11 is 0. The van der Waals surface area contributed by atoms with Crippen molar-refractivity contribution in [3.05, 3.63) is 0 Å². The molecule has 0 aliphatic carbocycles. The van der Waals surface area contributed by atoms with Gasteiger partial charge in [-0.05, 0) is 46.0 Å². The monoisotopic (exact) mass is 548 g/mol. The zero-order valence-corrected chi connectivity index (χ0v) is 24.8. The van der Waals surface area contributed by atoms with Crippen LogP contribution in [0.1, 0.15) is 117 Å². The molecule has 0 aromatic heterocycles. The molecule has 1 unspecified atom stereocenters. The number of Topliss-reactive ketones (excluding diaryl/α,β-unsaturated/α-hetero) is 2. The van der Waals surface area contributed by atoms with E-state index < -0.39 is 10.1 Å². The predicted octanol–water partition coefficient (Wildman–Crippen LogP) is 5.53. The second-order valence-electron chi connectivity index (χ2n) is 11.1. The van der Waals surface area contributed by atoms with Crippen LogP contribution >= 0.6 is 0 Å². The molecule has 0 aliphatic heterocycles. The summed E-state index contributed by atoms with van der Waals surface area (Å²) < 4.78 is 36.5. The molecule has 37 heavy (non-hydrogen) atoms. The molecule has 0 aromatic rings. The quantitative estimate of drug-likeness (QED) is 0.0690. The van der Waals surface area contributed by atoms with Crippen LogP contribution in [-0.4, -0.2) is 74.5 Å². The molecule has 0 saturated carbocycles. The van der Waals surface area contributed by atoms with E-state index in [2.05, 4.69) is 14.1 Å². The molecule has 0 heterocycles. The Morgan fingerprint density at radius 3 is 1.86 bits per heavy atom. The third-order valence-electron chi connectivity index (χ3n) is 6.81. The van der Waals surface area contributed by atoms with E-state index >= 15 is 0 Å². The first kappa shape index (κ1) is 35.7. The van der Waals surface area contributed by atoms with Crippen molar-refractivity contribution in [1.82, 2.24) is 0 Å². The fourth-order valence-electron chi connectivity index (χ4n) is 4.59. The Morgan fingerprint density at radius 1 is 0.784 bits per heavy atom. The second-order valence-corrected chi connectivity index (χ2v) is 12.7. The lowest BCUT2D eigenvalue weighted by Gasteiger charge is -2.29. The first-order valence-electron chi connectivity index (χ1n) is 14.3. The number of quaternary nitrogens is 1. The van der Waals surface area contributed by atoms with E-state index in [1.807, 2.05) is 0 Å². The van der Waals surface area contributed by atoms with Gasteiger partial charge in [0.15, 0.2) is 0 Å². The van der Waals surface area contributed by atoms with Crippen LogP contribution in [0.15, 0.2) is 0 Å². The summed E-state index contributed by atoms with van der Waals surface area (Å²) in [6, 6.07) is 0. The van der Waals surface area contributed by atoms with Gasteiger partial charge in [0, 0.05) is 25.7 Å².